The van der Waals surface area contributed by atoms with Gasteiger partial charge in [0, 0.05) is 63.2 Å². The number of nitrogens with one attached hydrogen (secondary N) is 1. The van der Waals surface area contributed by atoms with Crippen LogP contribution in [-0.2, 0) is 20.7 Å². The second kappa shape index (κ2) is 12.5. The number of aromatic nitrogens is 1. The minimum atomic E-state index is -0.282. The lowest BCUT2D eigenvalue weighted by atomic mass is 10.0. The highest BCUT2D eigenvalue weighted by Crippen LogP contribution is 2.27. The fourth-order valence-electron chi connectivity index (χ4n) is 4.21. The molecule has 3 amide bonds. The number of nitrogens with zero attached hydrogens (tertiary/aromatic N) is 3. The van der Waals surface area contributed by atoms with Crippen molar-refractivity contribution in [3.8, 4) is 5.75 Å². The number of amides is 3. The van der Waals surface area contributed by atoms with E-state index < -0.39 is 0 Å². The molecule has 0 saturated heterocycles. The summed E-state index contributed by atoms with van der Waals surface area (Å²) < 4.78 is 11.9. The van der Waals surface area contributed by atoms with E-state index in [0.29, 0.717) is 42.2 Å². The van der Waals surface area contributed by atoms with E-state index in [4.69, 9.17) is 9.47 Å². The van der Waals surface area contributed by atoms with E-state index in [9.17, 15) is 14.4 Å². The molecule has 1 aromatic carbocycles. The summed E-state index contributed by atoms with van der Waals surface area (Å²) in [6, 6.07) is 10.2. The van der Waals surface area contributed by atoms with Crippen LogP contribution in [0.4, 0.5) is 5.69 Å². The van der Waals surface area contributed by atoms with Gasteiger partial charge in [0.05, 0.1) is 24.1 Å². The molecule has 0 bridgehead atoms. The van der Waals surface area contributed by atoms with Crippen molar-refractivity contribution >= 4 is 23.4 Å². The van der Waals surface area contributed by atoms with Gasteiger partial charge < -0.3 is 24.6 Å². The summed E-state index contributed by atoms with van der Waals surface area (Å²) in [7, 11) is 3.34. The number of hydrogen-bond acceptors (Lipinski definition) is 6. The number of pyridine rings is 1. The van der Waals surface area contributed by atoms with Crippen molar-refractivity contribution in [3.63, 3.8) is 0 Å². The third-order valence-corrected chi connectivity index (χ3v) is 6.43. The van der Waals surface area contributed by atoms with Crippen LogP contribution in [0.25, 0.3) is 0 Å². The van der Waals surface area contributed by atoms with Gasteiger partial charge in [-0.05, 0) is 31.2 Å². The van der Waals surface area contributed by atoms with Gasteiger partial charge in [-0.2, -0.15) is 0 Å². The Morgan fingerprint density at radius 2 is 1.97 bits per heavy atom. The highest BCUT2D eigenvalue weighted by atomic mass is 16.5. The van der Waals surface area contributed by atoms with Crippen LogP contribution in [0.15, 0.2) is 42.6 Å². The number of carbonyl (C=O) groups is 3. The Morgan fingerprint density at radius 1 is 1.19 bits per heavy atom. The highest BCUT2D eigenvalue weighted by molar-refractivity contribution is 5.98. The number of carbonyl (C=O) groups excluding carboxylic acids is 3. The first-order valence-electron chi connectivity index (χ1n) is 12.3. The number of methoxy groups -OCH3 is 1. The van der Waals surface area contributed by atoms with Crippen molar-refractivity contribution in [2.75, 3.05) is 39.2 Å². The van der Waals surface area contributed by atoms with Gasteiger partial charge >= 0.3 is 0 Å². The Hall–Kier alpha value is -3.46. The quantitative estimate of drug-likeness (QED) is 0.683. The molecule has 36 heavy (non-hydrogen) atoms. The summed E-state index contributed by atoms with van der Waals surface area (Å²) in [4.78, 5) is 46.3. The minimum absolute atomic E-state index is 0.0362. The average molecular weight is 497 g/mol. The molecule has 0 unspecified atom stereocenters. The number of anilines is 1. The molecule has 0 saturated carbocycles. The van der Waals surface area contributed by atoms with Crippen LogP contribution < -0.4 is 10.1 Å². The van der Waals surface area contributed by atoms with Crippen molar-refractivity contribution < 1.29 is 23.9 Å². The second-order valence-electron chi connectivity index (χ2n) is 9.25. The lowest BCUT2D eigenvalue weighted by Crippen LogP contribution is -2.49. The first kappa shape index (κ1) is 27.1. The molecule has 9 nitrogen and oxygen atoms in total. The molecule has 3 atom stereocenters. The van der Waals surface area contributed by atoms with Gasteiger partial charge in [0.2, 0.25) is 11.8 Å². The maximum atomic E-state index is 13.4. The molecule has 0 aliphatic carbocycles. The van der Waals surface area contributed by atoms with Gasteiger partial charge in [0.25, 0.3) is 5.91 Å². The molecule has 2 heterocycles. The van der Waals surface area contributed by atoms with E-state index in [-0.39, 0.29) is 48.8 Å². The maximum Gasteiger partial charge on any atom is 0.257 e. The standard InChI is InChI=1S/C27H36N4O5/c1-6-25(32)29-21-10-11-22-23(13-21)36-17-19(3)31(26(33)14-20-9-7-8-12-28-20)15-18(2)24(35-5)16-30(4)27(22)34/h7-13,18-19,24H,6,14-17H2,1-5H3,(H,29,32)/t18-,19+,24+/m1/s1. The van der Waals surface area contributed by atoms with Crippen molar-refractivity contribution in [1.82, 2.24) is 14.8 Å². The fourth-order valence-corrected chi connectivity index (χ4v) is 4.21. The Bertz CT molecular complexity index is 1060. The first-order chi connectivity index (χ1) is 17.2. The summed E-state index contributed by atoms with van der Waals surface area (Å²) in [6.45, 7) is 6.67. The maximum absolute atomic E-state index is 13.4. The van der Waals surface area contributed by atoms with Gasteiger partial charge in [-0.1, -0.05) is 19.9 Å². The Balaban J connectivity index is 1.94. The lowest BCUT2D eigenvalue weighted by Gasteiger charge is -2.36. The number of hydrogen-bond donors (Lipinski definition) is 1. The van der Waals surface area contributed by atoms with E-state index in [1.54, 1.807) is 55.3 Å². The molecular weight excluding hydrogens is 460 g/mol. The van der Waals surface area contributed by atoms with Gasteiger partial charge in [0.1, 0.15) is 12.4 Å². The summed E-state index contributed by atoms with van der Waals surface area (Å²) >= 11 is 0. The van der Waals surface area contributed by atoms with E-state index in [1.807, 2.05) is 32.0 Å². The van der Waals surface area contributed by atoms with Crippen LogP contribution in [0.3, 0.4) is 0 Å². The molecule has 0 spiro atoms. The monoisotopic (exact) mass is 496 g/mol. The summed E-state index contributed by atoms with van der Waals surface area (Å²) in [6.07, 6.45) is 1.91. The van der Waals surface area contributed by atoms with Gasteiger partial charge in [-0.25, -0.2) is 0 Å². The molecule has 9 heteroatoms. The summed E-state index contributed by atoms with van der Waals surface area (Å²) in [5.41, 5.74) is 1.63. The van der Waals surface area contributed by atoms with Crippen LogP contribution in [0, 0.1) is 5.92 Å². The zero-order valence-corrected chi connectivity index (χ0v) is 21.7. The number of ether oxygens (including phenoxy) is 2. The number of likely N-dealkylation sites (N-methyl/N-ethyl adjacent to an activating group) is 1. The van der Waals surface area contributed by atoms with E-state index in [0.717, 1.165) is 0 Å². The Kier molecular flexibility index (Phi) is 9.41. The smallest absolute Gasteiger partial charge is 0.257 e. The topological polar surface area (TPSA) is 101 Å². The Morgan fingerprint density at radius 3 is 2.64 bits per heavy atom. The zero-order chi connectivity index (χ0) is 26.2. The second-order valence-corrected chi connectivity index (χ2v) is 9.25. The van der Waals surface area contributed by atoms with E-state index >= 15 is 0 Å². The fraction of sp³-hybridized carbons (Fsp3) is 0.481. The van der Waals surface area contributed by atoms with Crippen molar-refractivity contribution in [2.45, 2.75) is 45.8 Å². The first-order valence-corrected chi connectivity index (χ1v) is 12.3. The van der Waals surface area contributed by atoms with Crippen molar-refractivity contribution in [1.29, 1.82) is 0 Å². The van der Waals surface area contributed by atoms with Crippen molar-refractivity contribution in [3.05, 3.63) is 53.9 Å². The molecule has 2 aromatic rings. The van der Waals surface area contributed by atoms with E-state index in [2.05, 4.69) is 10.3 Å². The molecular formula is C27H36N4O5. The molecule has 1 N–H and O–H groups in total. The van der Waals surface area contributed by atoms with Crippen molar-refractivity contribution in [2.24, 2.45) is 5.92 Å². The third-order valence-electron chi connectivity index (χ3n) is 6.43. The molecule has 3 rings (SSSR count). The summed E-state index contributed by atoms with van der Waals surface area (Å²) in [5, 5.41) is 2.81. The SMILES string of the molecule is CCC(=O)Nc1ccc2c(c1)OC[C@H](C)N(C(=O)Cc1ccccn1)C[C@@H](C)[C@@H](OC)CN(C)C2=O. The van der Waals surface area contributed by atoms with E-state index in [1.165, 1.54) is 0 Å². The van der Waals surface area contributed by atoms with Gasteiger partial charge in [-0.3, -0.25) is 19.4 Å². The molecule has 194 valence electrons. The average Bonchev–Trinajstić information content (AvgIpc) is 2.88. The Labute approximate surface area is 212 Å². The number of fused-ring (bicyclic) bond motifs is 1. The highest BCUT2D eigenvalue weighted by Gasteiger charge is 2.30. The number of benzene rings is 1. The van der Waals surface area contributed by atoms with Crippen LogP contribution in [0.1, 0.15) is 43.2 Å². The third kappa shape index (κ3) is 6.81. The van der Waals surface area contributed by atoms with Crippen LogP contribution >= 0.6 is 0 Å². The largest absolute Gasteiger partial charge is 0.491 e. The van der Waals surface area contributed by atoms with Gasteiger partial charge in [-0.15, -0.1) is 0 Å². The predicted molar refractivity (Wildman–Crippen MR) is 137 cm³/mol. The zero-order valence-electron chi connectivity index (χ0n) is 21.7. The molecule has 1 aliphatic rings. The molecule has 0 radical (unpaired) electrons. The van der Waals surface area contributed by atoms with Gasteiger partial charge in [0.15, 0.2) is 0 Å². The van der Waals surface area contributed by atoms with Crippen LogP contribution in [-0.4, -0.2) is 78.5 Å². The molecule has 1 aliphatic heterocycles. The van der Waals surface area contributed by atoms with Crippen LogP contribution in [0.5, 0.6) is 5.75 Å². The normalized spacial score (nSPS) is 21.0. The minimum Gasteiger partial charge on any atom is -0.491 e. The predicted octanol–water partition coefficient (Wildman–Crippen LogP) is 3.01. The lowest BCUT2D eigenvalue weighted by molar-refractivity contribution is -0.134. The molecule has 1 aromatic heterocycles. The number of rotatable bonds is 5. The van der Waals surface area contributed by atoms with Crippen LogP contribution in [0.2, 0.25) is 0 Å². The summed E-state index contributed by atoms with van der Waals surface area (Å²) in [5.74, 6) is -0.0810. The molecule has 0 fully saturated rings.